The van der Waals surface area contributed by atoms with Crippen LogP contribution in [0.5, 0.6) is 11.5 Å². The highest BCUT2D eigenvalue weighted by Crippen LogP contribution is 2.30. The van der Waals surface area contributed by atoms with Crippen molar-refractivity contribution >= 4 is 11.9 Å². The van der Waals surface area contributed by atoms with E-state index in [-0.39, 0.29) is 5.91 Å². The molecule has 1 atom stereocenters. The van der Waals surface area contributed by atoms with Crippen LogP contribution in [0.2, 0.25) is 0 Å². The molecule has 0 radical (unpaired) electrons. The molecule has 3 rings (SSSR count). The summed E-state index contributed by atoms with van der Waals surface area (Å²) < 4.78 is 15.3. The lowest BCUT2D eigenvalue weighted by molar-refractivity contribution is 0.0599. The van der Waals surface area contributed by atoms with Crippen molar-refractivity contribution < 1.29 is 23.8 Å². The van der Waals surface area contributed by atoms with Crippen LogP contribution in [0, 0.1) is 5.92 Å². The van der Waals surface area contributed by atoms with E-state index in [0.717, 1.165) is 18.4 Å². The van der Waals surface area contributed by atoms with Gasteiger partial charge in [-0.2, -0.15) is 0 Å². The minimum absolute atomic E-state index is 0.119. The summed E-state index contributed by atoms with van der Waals surface area (Å²) in [6.07, 6.45) is 3.16. The third-order valence-electron chi connectivity index (χ3n) is 4.95. The average molecular weight is 384 g/mol. The van der Waals surface area contributed by atoms with Crippen LogP contribution in [0.4, 0.5) is 0 Å². The predicted molar refractivity (Wildman–Crippen MR) is 103 cm³/mol. The minimum atomic E-state index is -0.470. The molecule has 1 fully saturated rings. The van der Waals surface area contributed by atoms with Crippen molar-refractivity contribution in [2.24, 2.45) is 5.92 Å². The first-order valence-corrected chi connectivity index (χ1v) is 9.10. The Balaban J connectivity index is 1.62. The Kier molecular flexibility index (Phi) is 6.13. The molecule has 2 aromatic rings. The average Bonchev–Trinajstić information content (AvgIpc) is 3.21. The molecule has 1 aromatic heterocycles. The fourth-order valence-electron chi connectivity index (χ4n) is 3.45. The number of hydrogen-bond acceptors (Lipinski definition) is 6. The summed E-state index contributed by atoms with van der Waals surface area (Å²) in [5.41, 5.74) is 1.81. The number of rotatable bonds is 6. The van der Waals surface area contributed by atoms with Gasteiger partial charge in [-0.3, -0.25) is 9.78 Å². The monoisotopic (exact) mass is 384 g/mol. The molecule has 0 N–H and O–H groups in total. The smallest absolute Gasteiger partial charge is 0.339 e. The maximum atomic E-state index is 12.7. The third kappa shape index (κ3) is 4.24. The summed E-state index contributed by atoms with van der Waals surface area (Å²) in [5.74, 6) is 1.20. The number of hydrogen-bond donors (Lipinski definition) is 0. The number of aromatic nitrogens is 1. The van der Waals surface area contributed by atoms with Crippen LogP contribution in [0.3, 0.4) is 0 Å². The quantitative estimate of drug-likeness (QED) is 0.713. The Hall–Kier alpha value is -3.09. The van der Waals surface area contributed by atoms with Gasteiger partial charge in [0, 0.05) is 19.3 Å². The Bertz CT molecular complexity index is 850. The Morgan fingerprint density at radius 1 is 1.11 bits per heavy atom. The molecule has 7 heteroatoms. The van der Waals surface area contributed by atoms with Gasteiger partial charge in [-0.15, -0.1) is 0 Å². The van der Waals surface area contributed by atoms with Crippen LogP contribution < -0.4 is 9.47 Å². The molecule has 1 amide bonds. The number of ether oxygens (including phenoxy) is 3. The molecule has 0 spiro atoms. The second-order valence-corrected chi connectivity index (χ2v) is 6.72. The highest BCUT2D eigenvalue weighted by molar-refractivity contribution is 5.94. The van der Waals surface area contributed by atoms with E-state index < -0.39 is 5.97 Å². The van der Waals surface area contributed by atoms with Crippen LogP contribution >= 0.6 is 0 Å². The minimum Gasteiger partial charge on any atom is -0.493 e. The second-order valence-electron chi connectivity index (χ2n) is 6.72. The van der Waals surface area contributed by atoms with Gasteiger partial charge in [0.15, 0.2) is 11.5 Å². The first-order chi connectivity index (χ1) is 13.5. The largest absolute Gasteiger partial charge is 0.493 e. The van der Waals surface area contributed by atoms with E-state index in [4.69, 9.17) is 9.47 Å². The summed E-state index contributed by atoms with van der Waals surface area (Å²) >= 11 is 0. The first-order valence-electron chi connectivity index (χ1n) is 9.10. The zero-order valence-corrected chi connectivity index (χ0v) is 16.3. The molecule has 0 aliphatic carbocycles. The zero-order chi connectivity index (χ0) is 20.1. The molecule has 1 aliphatic rings. The molecule has 1 saturated heterocycles. The number of methoxy groups -OCH3 is 3. The van der Waals surface area contributed by atoms with Crippen LogP contribution in [0.25, 0.3) is 0 Å². The molecule has 28 heavy (non-hydrogen) atoms. The maximum Gasteiger partial charge on any atom is 0.339 e. The topological polar surface area (TPSA) is 78.0 Å². The zero-order valence-electron chi connectivity index (χ0n) is 16.3. The number of esters is 1. The standard InChI is InChI=1S/C21H24N2O5/c1-26-18-7-4-14(11-19(18)27-2)10-15-8-9-23(13-15)20(24)17-6-5-16(12-22-17)21(25)28-3/h4-7,11-12,15H,8-10,13H2,1-3H3. The van der Waals surface area contributed by atoms with Crippen LogP contribution in [0.15, 0.2) is 36.5 Å². The van der Waals surface area contributed by atoms with E-state index in [1.54, 1.807) is 26.4 Å². The van der Waals surface area contributed by atoms with Crippen molar-refractivity contribution in [1.29, 1.82) is 0 Å². The molecule has 2 heterocycles. The first kappa shape index (κ1) is 19.7. The van der Waals surface area contributed by atoms with Crippen LogP contribution in [0.1, 0.15) is 32.8 Å². The normalized spacial score (nSPS) is 16.0. The summed E-state index contributed by atoms with van der Waals surface area (Å²) in [6.45, 7) is 1.37. The molecular weight excluding hydrogens is 360 g/mol. The Morgan fingerprint density at radius 3 is 2.54 bits per heavy atom. The highest BCUT2D eigenvalue weighted by Gasteiger charge is 2.28. The van der Waals surface area contributed by atoms with E-state index in [2.05, 4.69) is 9.72 Å². The number of amides is 1. The summed E-state index contributed by atoms with van der Waals surface area (Å²) in [5, 5.41) is 0. The van der Waals surface area contributed by atoms with Gasteiger partial charge in [-0.1, -0.05) is 6.07 Å². The third-order valence-corrected chi connectivity index (χ3v) is 4.95. The van der Waals surface area contributed by atoms with Crippen LogP contribution in [-0.4, -0.2) is 56.2 Å². The number of pyridine rings is 1. The summed E-state index contributed by atoms with van der Waals surface area (Å²) in [4.78, 5) is 30.1. The van der Waals surface area contributed by atoms with E-state index in [9.17, 15) is 9.59 Å². The van der Waals surface area contributed by atoms with Crippen molar-refractivity contribution in [2.45, 2.75) is 12.8 Å². The number of carbonyl (C=O) groups is 2. The van der Waals surface area contributed by atoms with Crippen LogP contribution in [-0.2, 0) is 11.2 Å². The number of carbonyl (C=O) groups excluding carboxylic acids is 2. The second kappa shape index (κ2) is 8.73. The predicted octanol–water partition coefficient (Wildman–Crippen LogP) is 2.59. The van der Waals surface area contributed by atoms with Gasteiger partial charge in [0.25, 0.3) is 5.91 Å². The molecule has 0 saturated carbocycles. The van der Waals surface area contributed by atoms with Gasteiger partial charge in [0.05, 0.1) is 26.9 Å². The lowest BCUT2D eigenvalue weighted by Gasteiger charge is -2.16. The molecule has 7 nitrogen and oxygen atoms in total. The van der Waals surface area contributed by atoms with Crippen molar-refractivity contribution in [1.82, 2.24) is 9.88 Å². The van der Waals surface area contributed by atoms with E-state index in [1.807, 2.05) is 23.1 Å². The van der Waals surface area contributed by atoms with Crippen molar-refractivity contribution in [2.75, 3.05) is 34.4 Å². The number of nitrogens with zero attached hydrogens (tertiary/aromatic N) is 2. The fourth-order valence-corrected chi connectivity index (χ4v) is 3.45. The molecule has 0 bridgehead atoms. The van der Waals surface area contributed by atoms with E-state index in [1.165, 1.54) is 13.3 Å². The lowest BCUT2D eigenvalue weighted by Crippen LogP contribution is -2.29. The Morgan fingerprint density at radius 2 is 1.89 bits per heavy atom. The summed E-state index contributed by atoms with van der Waals surface area (Å²) in [7, 11) is 4.55. The molecular formula is C21H24N2O5. The van der Waals surface area contributed by atoms with Crippen molar-refractivity contribution in [3.8, 4) is 11.5 Å². The molecule has 1 aromatic carbocycles. The number of likely N-dealkylation sites (tertiary alicyclic amines) is 1. The molecule has 148 valence electrons. The van der Waals surface area contributed by atoms with E-state index >= 15 is 0 Å². The van der Waals surface area contributed by atoms with Gasteiger partial charge in [0.2, 0.25) is 0 Å². The number of benzene rings is 1. The molecule has 1 unspecified atom stereocenters. The van der Waals surface area contributed by atoms with E-state index in [0.29, 0.717) is 41.8 Å². The fraction of sp³-hybridized carbons (Fsp3) is 0.381. The van der Waals surface area contributed by atoms with Gasteiger partial charge >= 0.3 is 5.97 Å². The van der Waals surface area contributed by atoms with Crippen molar-refractivity contribution in [3.63, 3.8) is 0 Å². The van der Waals surface area contributed by atoms with Gasteiger partial charge in [0.1, 0.15) is 5.69 Å². The molecule has 1 aliphatic heterocycles. The highest BCUT2D eigenvalue weighted by atomic mass is 16.5. The van der Waals surface area contributed by atoms with Gasteiger partial charge in [-0.25, -0.2) is 4.79 Å². The SMILES string of the molecule is COC(=O)c1ccc(C(=O)N2CCC(Cc3ccc(OC)c(OC)c3)C2)nc1. The Labute approximate surface area is 164 Å². The van der Waals surface area contributed by atoms with Gasteiger partial charge < -0.3 is 19.1 Å². The maximum absolute atomic E-state index is 12.7. The summed E-state index contributed by atoms with van der Waals surface area (Å²) in [6, 6.07) is 9.04. The van der Waals surface area contributed by atoms with Crippen molar-refractivity contribution in [3.05, 3.63) is 53.3 Å². The van der Waals surface area contributed by atoms with Gasteiger partial charge in [-0.05, 0) is 48.6 Å². The lowest BCUT2D eigenvalue weighted by atomic mass is 9.98.